The summed E-state index contributed by atoms with van der Waals surface area (Å²) in [4.78, 5) is 16.1. The van der Waals surface area contributed by atoms with Gasteiger partial charge in [0.25, 0.3) is 0 Å². The van der Waals surface area contributed by atoms with Gasteiger partial charge in [0.1, 0.15) is 0 Å². The Balaban J connectivity index is 1.77. The molecule has 1 aromatic heterocycles. The number of aliphatic hydroxyl groups excluding tert-OH is 1. The number of aromatic nitrogens is 1. The van der Waals surface area contributed by atoms with Crippen LogP contribution in [0.5, 0.6) is 0 Å². The van der Waals surface area contributed by atoms with Gasteiger partial charge in [0, 0.05) is 24.4 Å². The third-order valence-electron chi connectivity index (χ3n) is 3.25. The van der Waals surface area contributed by atoms with Crippen LogP contribution < -0.4 is 10.6 Å². The summed E-state index contributed by atoms with van der Waals surface area (Å²) < 4.78 is 0. The van der Waals surface area contributed by atoms with Gasteiger partial charge in [0.2, 0.25) is 0 Å². The Bertz CT molecular complexity index is 441. The first-order chi connectivity index (χ1) is 9.00. The number of nitrogens with zero attached hydrogens (tertiary/aromatic N) is 1. The van der Waals surface area contributed by atoms with Crippen LogP contribution >= 0.6 is 11.3 Å². The van der Waals surface area contributed by atoms with Crippen molar-refractivity contribution in [2.45, 2.75) is 39.0 Å². The second-order valence-corrected chi connectivity index (χ2v) is 6.66. The maximum atomic E-state index is 11.7. The van der Waals surface area contributed by atoms with Crippen molar-refractivity contribution in [3.8, 4) is 0 Å². The predicted octanol–water partition coefficient (Wildman–Crippen LogP) is 2.55. The Labute approximate surface area is 117 Å². The molecule has 6 heteroatoms. The van der Waals surface area contributed by atoms with Crippen LogP contribution in [0.1, 0.15) is 44.7 Å². The molecule has 0 aromatic carbocycles. The zero-order chi connectivity index (χ0) is 13.9. The maximum absolute atomic E-state index is 11.7. The Morgan fingerprint density at radius 3 is 2.95 bits per heavy atom. The Kier molecular flexibility index (Phi) is 4.42. The Morgan fingerprint density at radius 1 is 1.58 bits per heavy atom. The molecule has 1 fully saturated rings. The number of nitrogens with one attached hydrogen (secondary N) is 2. The highest BCUT2D eigenvalue weighted by atomic mass is 32.1. The second kappa shape index (κ2) is 5.88. The highest BCUT2D eigenvalue weighted by molar-refractivity contribution is 7.13. The normalized spacial score (nSPS) is 15.3. The predicted molar refractivity (Wildman–Crippen MR) is 76.6 cm³/mol. The minimum absolute atomic E-state index is 0.103. The van der Waals surface area contributed by atoms with E-state index in [0.717, 1.165) is 5.69 Å². The lowest BCUT2D eigenvalue weighted by Gasteiger charge is -2.23. The highest BCUT2D eigenvalue weighted by Gasteiger charge is 2.26. The van der Waals surface area contributed by atoms with Gasteiger partial charge in [-0.25, -0.2) is 9.78 Å². The lowest BCUT2D eigenvalue weighted by molar-refractivity contribution is 0.204. The molecular formula is C13H21N3O2S. The van der Waals surface area contributed by atoms with E-state index in [0.29, 0.717) is 24.0 Å². The largest absolute Gasteiger partial charge is 0.396 e. The molecule has 19 heavy (non-hydrogen) atoms. The molecule has 0 radical (unpaired) electrons. The highest BCUT2D eigenvalue weighted by Crippen LogP contribution is 2.40. The Morgan fingerprint density at radius 2 is 2.32 bits per heavy atom. The van der Waals surface area contributed by atoms with Gasteiger partial charge in [-0.1, -0.05) is 13.8 Å². The number of thiazole rings is 1. The minimum atomic E-state index is -0.234. The van der Waals surface area contributed by atoms with Crippen LogP contribution in [0.25, 0.3) is 0 Å². The molecular weight excluding hydrogens is 262 g/mol. The van der Waals surface area contributed by atoms with E-state index < -0.39 is 0 Å². The number of carbonyl (C=O) groups excluding carboxylic acids is 1. The van der Waals surface area contributed by atoms with E-state index in [4.69, 9.17) is 5.11 Å². The fraction of sp³-hybridized carbons (Fsp3) is 0.692. The van der Waals surface area contributed by atoms with E-state index in [1.54, 1.807) is 0 Å². The Hall–Kier alpha value is -1.14. The number of carbonyl (C=O) groups is 1. The van der Waals surface area contributed by atoms with E-state index in [1.807, 2.05) is 19.2 Å². The smallest absolute Gasteiger partial charge is 0.321 e. The fourth-order valence-electron chi connectivity index (χ4n) is 1.76. The first-order valence-electron chi connectivity index (χ1n) is 6.61. The molecule has 0 bridgehead atoms. The lowest BCUT2D eigenvalue weighted by atomic mass is 9.90. The van der Waals surface area contributed by atoms with Gasteiger partial charge < -0.3 is 10.4 Å². The summed E-state index contributed by atoms with van der Waals surface area (Å²) in [7, 11) is 0. The second-order valence-electron chi connectivity index (χ2n) is 5.80. The van der Waals surface area contributed by atoms with E-state index in [-0.39, 0.29) is 18.1 Å². The van der Waals surface area contributed by atoms with Crippen molar-refractivity contribution in [2.75, 3.05) is 18.5 Å². The first kappa shape index (κ1) is 14.3. The van der Waals surface area contributed by atoms with Gasteiger partial charge in [-0.2, -0.15) is 0 Å². The molecule has 3 N–H and O–H groups in total. The van der Waals surface area contributed by atoms with Crippen LogP contribution in [0.15, 0.2) is 5.38 Å². The van der Waals surface area contributed by atoms with Crippen molar-refractivity contribution in [3.05, 3.63) is 11.1 Å². The molecule has 1 aliphatic rings. The van der Waals surface area contributed by atoms with Crippen LogP contribution in [0.2, 0.25) is 0 Å². The number of urea groups is 1. The maximum Gasteiger partial charge on any atom is 0.321 e. The number of aliphatic hydroxyl groups is 1. The number of hydrogen-bond acceptors (Lipinski definition) is 4. The quantitative estimate of drug-likeness (QED) is 0.751. The third-order valence-corrected chi connectivity index (χ3v) is 4.03. The lowest BCUT2D eigenvalue weighted by Crippen LogP contribution is -2.37. The SMILES string of the molecule is CC(C)(CCO)CNC(=O)Nc1nc(C2CC2)cs1. The molecule has 0 spiro atoms. The molecule has 5 nitrogen and oxygen atoms in total. The van der Waals surface area contributed by atoms with E-state index in [1.165, 1.54) is 24.2 Å². The zero-order valence-electron chi connectivity index (χ0n) is 11.4. The molecule has 0 aliphatic heterocycles. The molecule has 1 aliphatic carbocycles. The summed E-state index contributed by atoms with van der Waals surface area (Å²) in [6.45, 7) is 4.68. The van der Waals surface area contributed by atoms with Crippen LogP contribution in [-0.2, 0) is 0 Å². The standard InChI is InChI=1S/C13H21N3O2S/c1-13(2,5-6-17)8-14-11(18)16-12-15-10(7-19-12)9-3-4-9/h7,9,17H,3-6,8H2,1-2H3,(H2,14,15,16,18). The van der Waals surface area contributed by atoms with E-state index in [9.17, 15) is 4.79 Å². The van der Waals surface area contributed by atoms with Crippen molar-refractivity contribution < 1.29 is 9.90 Å². The van der Waals surface area contributed by atoms with Gasteiger partial charge in [-0.3, -0.25) is 5.32 Å². The van der Waals surface area contributed by atoms with E-state index >= 15 is 0 Å². The topological polar surface area (TPSA) is 74.2 Å². The van der Waals surface area contributed by atoms with Crippen LogP contribution in [-0.4, -0.2) is 29.3 Å². The van der Waals surface area contributed by atoms with Crippen LogP contribution in [0, 0.1) is 5.41 Å². The van der Waals surface area contributed by atoms with Crippen LogP contribution in [0.4, 0.5) is 9.93 Å². The molecule has 2 rings (SSSR count). The molecule has 1 heterocycles. The van der Waals surface area contributed by atoms with Crippen molar-refractivity contribution in [3.63, 3.8) is 0 Å². The monoisotopic (exact) mass is 283 g/mol. The summed E-state index contributed by atoms with van der Waals surface area (Å²) in [6.07, 6.45) is 3.09. The fourth-order valence-corrected chi connectivity index (χ4v) is 2.55. The van der Waals surface area contributed by atoms with Crippen molar-refractivity contribution >= 4 is 22.5 Å². The van der Waals surface area contributed by atoms with E-state index in [2.05, 4.69) is 15.6 Å². The zero-order valence-corrected chi connectivity index (χ0v) is 12.2. The molecule has 1 aromatic rings. The third kappa shape index (κ3) is 4.47. The van der Waals surface area contributed by atoms with Gasteiger partial charge in [0.15, 0.2) is 5.13 Å². The van der Waals surface area contributed by atoms with Gasteiger partial charge >= 0.3 is 6.03 Å². The summed E-state index contributed by atoms with van der Waals surface area (Å²) in [6, 6.07) is -0.234. The minimum Gasteiger partial charge on any atom is -0.396 e. The van der Waals surface area contributed by atoms with Crippen LogP contribution in [0.3, 0.4) is 0 Å². The number of hydrogen-bond donors (Lipinski definition) is 3. The van der Waals surface area contributed by atoms with Crippen molar-refractivity contribution in [1.82, 2.24) is 10.3 Å². The summed E-state index contributed by atoms with van der Waals surface area (Å²) >= 11 is 1.47. The average molecular weight is 283 g/mol. The van der Waals surface area contributed by atoms with Crippen molar-refractivity contribution in [1.29, 1.82) is 0 Å². The molecule has 1 saturated carbocycles. The van der Waals surface area contributed by atoms with Gasteiger partial charge in [0.05, 0.1) is 5.69 Å². The molecule has 2 amide bonds. The molecule has 106 valence electrons. The average Bonchev–Trinajstić information content (AvgIpc) is 3.09. The summed E-state index contributed by atoms with van der Waals surface area (Å²) in [5.74, 6) is 0.610. The number of rotatable bonds is 6. The summed E-state index contributed by atoms with van der Waals surface area (Å²) in [5.41, 5.74) is 0.995. The number of amides is 2. The number of anilines is 1. The van der Waals surface area contributed by atoms with Gasteiger partial charge in [-0.05, 0) is 24.7 Å². The molecule has 0 atom stereocenters. The molecule has 0 unspecified atom stereocenters. The first-order valence-corrected chi connectivity index (χ1v) is 7.49. The summed E-state index contributed by atoms with van der Waals surface area (Å²) in [5, 5.41) is 17.2. The van der Waals surface area contributed by atoms with Crippen molar-refractivity contribution in [2.24, 2.45) is 5.41 Å². The molecule has 0 saturated heterocycles. The van der Waals surface area contributed by atoms with Gasteiger partial charge in [-0.15, -0.1) is 11.3 Å².